The zero-order chi connectivity index (χ0) is 14.3. The summed E-state index contributed by atoms with van der Waals surface area (Å²) < 4.78 is 0.876. The summed E-state index contributed by atoms with van der Waals surface area (Å²) >= 11 is 9.45. The molecule has 100 valence electrons. The van der Waals surface area contributed by atoms with E-state index < -0.39 is 0 Å². The minimum absolute atomic E-state index is 0.0925. The van der Waals surface area contributed by atoms with Crippen LogP contribution in [0, 0.1) is 0 Å². The highest BCUT2D eigenvalue weighted by atomic mass is 79.9. The molecular weight excluding hydrogens is 340 g/mol. The number of halogens is 2. The van der Waals surface area contributed by atoms with Gasteiger partial charge in [-0.3, -0.25) is 4.79 Å². The van der Waals surface area contributed by atoms with Gasteiger partial charge in [0.15, 0.2) is 5.78 Å². The summed E-state index contributed by atoms with van der Waals surface area (Å²) in [5.41, 5.74) is 8.15. The number of ketones is 1. The van der Waals surface area contributed by atoms with Gasteiger partial charge < -0.3 is 10.7 Å². The maximum Gasteiger partial charge on any atom is 0.195 e. The van der Waals surface area contributed by atoms with E-state index in [0.29, 0.717) is 21.8 Å². The number of hydrogen-bond donors (Lipinski definition) is 2. The zero-order valence-corrected chi connectivity index (χ0v) is 12.6. The van der Waals surface area contributed by atoms with E-state index in [0.717, 1.165) is 15.4 Å². The monoisotopic (exact) mass is 348 g/mol. The number of H-pyrrole nitrogens is 1. The third-order valence-electron chi connectivity index (χ3n) is 3.16. The van der Waals surface area contributed by atoms with Gasteiger partial charge in [0, 0.05) is 32.7 Å². The summed E-state index contributed by atoms with van der Waals surface area (Å²) in [7, 11) is 0. The van der Waals surface area contributed by atoms with Gasteiger partial charge in [-0.15, -0.1) is 0 Å². The molecule has 0 fully saturated rings. The molecule has 0 aliphatic heterocycles. The van der Waals surface area contributed by atoms with Crippen LogP contribution in [0.5, 0.6) is 0 Å². The van der Waals surface area contributed by atoms with Crippen LogP contribution >= 0.6 is 27.5 Å². The van der Waals surface area contributed by atoms with Gasteiger partial charge in [-0.2, -0.15) is 0 Å². The van der Waals surface area contributed by atoms with Crippen molar-refractivity contribution in [3.63, 3.8) is 0 Å². The molecular formula is C15H10BrClN2O. The summed E-state index contributed by atoms with van der Waals surface area (Å²) in [6.45, 7) is 0. The topological polar surface area (TPSA) is 58.9 Å². The molecule has 0 aliphatic rings. The van der Waals surface area contributed by atoms with Gasteiger partial charge in [0.25, 0.3) is 0 Å². The molecule has 3 nitrogen and oxygen atoms in total. The molecule has 0 unspecified atom stereocenters. The number of nitrogen functional groups attached to an aromatic ring is 1. The van der Waals surface area contributed by atoms with Crippen molar-refractivity contribution in [3.8, 4) is 0 Å². The van der Waals surface area contributed by atoms with Crippen LogP contribution in [0.1, 0.15) is 15.9 Å². The van der Waals surface area contributed by atoms with Crippen molar-refractivity contribution in [2.45, 2.75) is 0 Å². The summed E-state index contributed by atoms with van der Waals surface area (Å²) in [6, 6.07) is 10.7. The number of carbonyl (C=O) groups excluding carboxylic acids is 1. The fourth-order valence-electron chi connectivity index (χ4n) is 2.14. The van der Waals surface area contributed by atoms with E-state index >= 15 is 0 Å². The predicted molar refractivity (Wildman–Crippen MR) is 85.3 cm³/mol. The highest BCUT2D eigenvalue weighted by molar-refractivity contribution is 9.10. The lowest BCUT2D eigenvalue weighted by atomic mass is 10.0. The van der Waals surface area contributed by atoms with Crippen LogP contribution in [0.25, 0.3) is 10.9 Å². The number of benzene rings is 2. The van der Waals surface area contributed by atoms with E-state index in [-0.39, 0.29) is 5.78 Å². The molecule has 0 atom stereocenters. The molecule has 1 heterocycles. The summed E-state index contributed by atoms with van der Waals surface area (Å²) in [5.74, 6) is -0.0925. The number of nitrogens with two attached hydrogens (primary N) is 1. The molecule has 0 spiro atoms. The van der Waals surface area contributed by atoms with E-state index in [1.54, 1.807) is 24.4 Å². The van der Waals surface area contributed by atoms with Crippen molar-refractivity contribution in [1.82, 2.24) is 4.98 Å². The molecule has 2 aromatic carbocycles. The summed E-state index contributed by atoms with van der Waals surface area (Å²) in [6.07, 6.45) is 1.71. The van der Waals surface area contributed by atoms with Crippen LogP contribution in [0.15, 0.2) is 47.1 Å². The Hall–Kier alpha value is -1.78. The Balaban J connectivity index is 2.15. The number of carbonyl (C=O) groups is 1. The first-order chi connectivity index (χ1) is 9.58. The highest BCUT2D eigenvalue weighted by Crippen LogP contribution is 2.29. The number of aromatic nitrogens is 1. The van der Waals surface area contributed by atoms with Gasteiger partial charge in [-0.1, -0.05) is 33.6 Å². The largest absolute Gasteiger partial charge is 0.398 e. The van der Waals surface area contributed by atoms with Crippen molar-refractivity contribution in [1.29, 1.82) is 0 Å². The van der Waals surface area contributed by atoms with E-state index in [4.69, 9.17) is 17.3 Å². The van der Waals surface area contributed by atoms with E-state index in [9.17, 15) is 4.79 Å². The van der Waals surface area contributed by atoms with Crippen LogP contribution in [0.3, 0.4) is 0 Å². The second-order valence-corrected chi connectivity index (χ2v) is 5.69. The Morgan fingerprint density at radius 3 is 2.80 bits per heavy atom. The van der Waals surface area contributed by atoms with Crippen LogP contribution in [0.4, 0.5) is 5.69 Å². The minimum Gasteiger partial charge on any atom is -0.398 e. The molecule has 0 saturated heterocycles. The molecule has 3 rings (SSSR count). The lowest BCUT2D eigenvalue weighted by Gasteiger charge is -2.03. The number of aromatic amines is 1. The van der Waals surface area contributed by atoms with Crippen molar-refractivity contribution < 1.29 is 4.79 Å². The second kappa shape index (κ2) is 4.96. The fourth-order valence-corrected chi connectivity index (χ4v) is 2.90. The van der Waals surface area contributed by atoms with Crippen LogP contribution in [-0.2, 0) is 0 Å². The number of fused-ring (bicyclic) bond motifs is 1. The maximum atomic E-state index is 12.6. The van der Waals surface area contributed by atoms with Crippen LogP contribution < -0.4 is 5.73 Å². The average Bonchev–Trinajstić information content (AvgIpc) is 2.86. The Bertz CT molecular complexity index is 826. The Labute approximate surface area is 128 Å². The Morgan fingerprint density at radius 2 is 2.05 bits per heavy atom. The van der Waals surface area contributed by atoms with Crippen molar-refractivity contribution in [3.05, 3.63) is 63.2 Å². The quantitative estimate of drug-likeness (QED) is 0.532. The number of rotatable bonds is 2. The lowest BCUT2D eigenvalue weighted by molar-refractivity contribution is 0.104. The first-order valence-corrected chi connectivity index (χ1v) is 7.10. The predicted octanol–water partition coefficient (Wildman–Crippen LogP) is 4.40. The van der Waals surface area contributed by atoms with Crippen LogP contribution in [0.2, 0.25) is 5.02 Å². The zero-order valence-electron chi connectivity index (χ0n) is 10.3. The van der Waals surface area contributed by atoms with Gasteiger partial charge in [-0.25, -0.2) is 0 Å². The van der Waals surface area contributed by atoms with Gasteiger partial charge in [0.1, 0.15) is 0 Å². The molecule has 0 aliphatic carbocycles. The molecule has 0 amide bonds. The molecule has 0 radical (unpaired) electrons. The maximum absolute atomic E-state index is 12.6. The Kier molecular flexibility index (Phi) is 3.28. The number of hydrogen-bond acceptors (Lipinski definition) is 2. The molecule has 3 aromatic rings. The summed E-state index contributed by atoms with van der Waals surface area (Å²) in [4.78, 5) is 15.7. The fraction of sp³-hybridized carbons (Fsp3) is 0. The van der Waals surface area contributed by atoms with Crippen molar-refractivity contribution in [2.75, 3.05) is 5.73 Å². The summed E-state index contributed by atoms with van der Waals surface area (Å²) in [5, 5.41) is 1.25. The SMILES string of the molecule is Nc1ccc(C(=O)c2c[nH]c3cccc(Br)c23)cc1Cl. The molecule has 1 aromatic heterocycles. The van der Waals surface area contributed by atoms with E-state index in [2.05, 4.69) is 20.9 Å². The first-order valence-electron chi connectivity index (χ1n) is 5.93. The molecule has 5 heteroatoms. The third kappa shape index (κ3) is 2.11. The number of anilines is 1. The molecule has 0 saturated carbocycles. The standard InChI is InChI=1S/C15H10BrClN2O/c16-10-2-1-3-13-14(10)9(7-19-13)15(20)8-4-5-12(18)11(17)6-8/h1-7,19H,18H2. The molecule has 20 heavy (non-hydrogen) atoms. The van der Waals surface area contributed by atoms with Crippen molar-refractivity contribution in [2.24, 2.45) is 0 Å². The third-order valence-corrected chi connectivity index (χ3v) is 4.15. The average molecular weight is 350 g/mol. The molecule has 3 N–H and O–H groups in total. The van der Waals surface area contributed by atoms with Gasteiger partial charge >= 0.3 is 0 Å². The second-order valence-electron chi connectivity index (χ2n) is 4.43. The Morgan fingerprint density at radius 1 is 1.25 bits per heavy atom. The normalized spacial score (nSPS) is 10.9. The van der Waals surface area contributed by atoms with Crippen LogP contribution in [-0.4, -0.2) is 10.8 Å². The smallest absolute Gasteiger partial charge is 0.195 e. The lowest BCUT2D eigenvalue weighted by Crippen LogP contribution is -2.01. The van der Waals surface area contributed by atoms with Gasteiger partial charge in [-0.05, 0) is 30.3 Å². The van der Waals surface area contributed by atoms with E-state index in [1.165, 1.54) is 0 Å². The van der Waals surface area contributed by atoms with Crippen molar-refractivity contribution >= 4 is 49.9 Å². The van der Waals surface area contributed by atoms with E-state index in [1.807, 2.05) is 18.2 Å². The highest BCUT2D eigenvalue weighted by Gasteiger charge is 2.16. The van der Waals surface area contributed by atoms with Gasteiger partial charge in [0.05, 0.1) is 10.7 Å². The van der Waals surface area contributed by atoms with Gasteiger partial charge in [0.2, 0.25) is 0 Å². The first kappa shape index (κ1) is 13.2. The number of nitrogens with one attached hydrogen (secondary N) is 1. The minimum atomic E-state index is -0.0925. The molecule has 0 bridgehead atoms.